The quantitative estimate of drug-likeness (QED) is 0.751. The maximum atomic E-state index is 12.8. The molecule has 0 aliphatic carbocycles. The van der Waals surface area contributed by atoms with Gasteiger partial charge in [0.1, 0.15) is 0 Å². The minimum absolute atomic E-state index is 0.00575. The van der Waals surface area contributed by atoms with Crippen LogP contribution in [0.2, 0.25) is 0 Å². The number of hydrogen-bond acceptors (Lipinski definition) is 5. The second-order valence-corrected chi connectivity index (χ2v) is 7.29. The Morgan fingerprint density at radius 2 is 1.70 bits per heavy atom. The molecule has 1 aliphatic heterocycles. The highest BCUT2D eigenvalue weighted by molar-refractivity contribution is 7.18. The Morgan fingerprint density at radius 1 is 0.926 bits per heavy atom. The Hall–Kier alpha value is -3.06. The van der Waals surface area contributed by atoms with Crippen LogP contribution in [0.1, 0.15) is 20.2 Å². The summed E-state index contributed by atoms with van der Waals surface area (Å²) in [6.07, 6.45) is 1.45. The first kappa shape index (κ1) is 17.4. The summed E-state index contributed by atoms with van der Waals surface area (Å²) in [6, 6.07) is 17.0. The molecule has 6 nitrogen and oxygen atoms in total. The highest BCUT2D eigenvalue weighted by Gasteiger charge is 2.23. The second-order valence-electron chi connectivity index (χ2n) is 6.21. The van der Waals surface area contributed by atoms with E-state index in [1.807, 2.05) is 23.1 Å². The van der Waals surface area contributed by atoms with Crippen molar-refractivity contribution in [2.75, 3.05) is 36.4 Å². The first-order valence-electron chi connectivity index (χ1n) is 8.75. The van der Waals surface area contributed by atoms with Gasteiger partial charge in [-0.05, 0) is 36.4 Å². The number of nitrogens with zero attached hydrogens (tertiary/aromatic N) is 2. The highest BCUT2D eigenvalue weighted by Crippen LogP contribution is 2.25. The summed E-state index contributed by atoms with van der Waals surface area (Å²) in [5.41, 5.74) is 1.18. The third-order valence-corrected chi connectivity index (χ3v) is 5.48. The molecule has 0 spiro atoms. The molecule has 138 valence electrons. The van der Waals surface area contributed by atoms with Crippen molar-refractivity contribution in [3.05, 3.63) is 71.5 Å². The molecule has 1 aliphatic rings. The van der Waals surface area contributed by atoms with E-state index in [0.717, 1.165) is 13.1 Å². The van der Waals surface area contributed by atoms with Crippen molar-refractivity contribution in [2.45, 2.75) is 0 Å². The number of carbonyl (C=O) groups excluding carboxylic acids is 2. The van der Waals surface area contributed by atoms with Gasteiger partial charge in [0.2, 0.25) is 0 Å². The minimum Gasteiger partial charge on any atom is -0.459 e. The molecule has 2 amide bonds. The summed E-state index contributed by atoms with van der Waals surface area (Å²) >= 11 is 1.28. The minimum atomic E-state index is -0.322. The van der Waals surface area contributed by atoms with E-state index in [4.69, 9.17) is 4.42 Å². The lowest BCUT2D eigenvalue weighted by Gasteiger charge is -2.35. The maximum absolute atomic E-state index is 12.8. The van der Waals surface area contributed by atoms with E-state index in [1.165, 1.54) is 23.3 Å². The first-order chi connectivity index (χ1) is 13.2. The van der Waals surface area contributed by atoms with Crippen molar-refractivity contribution in [2.24, 2.45) is 0 Å². The topological polar surface area (TPSA) is 65.8 Å². The largest absolute Gasteiger partial charge is 0.459 e. The average Bonchev–Trinajstić information content (AvgIpc) is 3.40. The summed E-state index contributed by atoms with van der Waals surface area (Å²) in [5, 5.41) is 3.39. The van der Waals surface area contributed by atoms with Crippen LogP contribution in [0, 0.1) is 0 Å². The van der Waals surface area contributed by atoms with Gasteiger partial charge in [-0.1, -0.05) is 18.2 Å². The van der Waals surface area contributed by atoms with Gasteiger partial charge in [-0.25, -0.2) is 0 Å². The van der Waals surface area contributed by atoms with Crippen molar-refractivity contribution in [3.63, 3.8) is 0 Å². The third kappa shape index (κ3) is 3.88. The van der Waals surface area contributed by atoms with Gasteiger partial charge in [-0.15, -0.1) is 11.3 Å². The Kier molecular flexibility index (Phi) is 4.93. The zero-order chi connectivity index (χ0) is 18.6. The normalized spacial score (nSPS) is 14.2. The number of benzene rings is 1. The first-order valence-corrected chi connectivity index (χ1v) is 9.56. The number of thiophene rings is 1. The van der Waals surface area contributed by atoms with Crippen LogP contribution < -0.4 is 10.2 Å². The SMILES string of the molecule is O=C(Nc1ccc(C(=O)N2CCN(c3ccccc3)CC2)s1)c1ccco1. The van der Waals surface area contributed by atoms with Gasteiger partial charge in [-0.3, -0.25) is 9.59 Å². The molecule has 0 saturated carbocycles. The molecule has 1 saturated heterocycles. The van der Waals surface area contributed by atoms with Crippen LogP contribution in [0.3, 0.4) is 0 Å². The standard InChI is InChI=1S/C20H19N3O3S/c24-19(16-7-4-14-26-16)21-18-9-8-17(27-18)20(25)23-12-10-22(11-13-23)15-5-2-1-3-6-15/h1-9,14H,10-13H2,(H,21,24). The van der Waals surface area contributed by atoms with E-state index in [0.29, 0.717) is 23.0 Å². The van der Waals surface area contributed by atoms with Gasteiger partial charge in [0.25, 0.3) is 11.8 Å². The van der Waals surface area contributed by atoms with E-state index in [2.05, 4.69) is 22.3 Å². The van der Waals surface area contributed by atoms with Crippen LogP contribution in [0.25, 0.3) is 0 Å². The Bertz CT molecular complexity index is 913. The van der Waals surface area contributed by atoms with Crippen LogP contribution in [-0.4, -0.2) is 42.9 Å². The molecular weight excluding hydrogens is 362 g/mol. The van der Waals surface area contributed by atoms with Gasteiger partial charge in [-0.2, -0.15) is 0 Å². The molecule has 1 fully saturated rings. The van der Waals surface area contributed by atoms with Crippen LogP contribution >= 0.6 is 11.3 Å². The molecule has 0 atom stereocenters. The predicted octanol–water partition coefficient (Wildman–Crippen LogP) is 3.56. The van der Waals surface area contributed by atoms with Crippen LogP contribution in [-0.2, 0) is 0 Å². The lowest BCUT2D eigenvalue weighted by atomic mass is 10.2. The predicted molar refractivity (Wildman–Crippen MR) is 106 cm³/mol. The molecule has 1 N–H and O–H groups in total. The number of piperazine rings is 1. The molecule has 4 rings (SSSR count). The Balaban J connectivity index is 1.35. The number of carbonyl (C=O) groups is 2. The summed E-state index contributed by atoms with van der Waals surface area (Å²) in [5.74, 6) is -0.0724. The van der Waals surface area contributed by atoms with E-state index in [-0.39, 0.29) is 17.6 Å². The highest BCUT2D eigenvalue weighted by atomic mass is 32.1. The molecule has 0 radical (unpaired) electrons. The van der Waals surface area contributed by atoms with E-state index in [1.54, 1.807) is 24.3 Å². The number of nitrogens with one attached hydrogen (secondary N) is 1. The lowest BCUT2D eigenvalue weighted by molar-refractivity contribution is 0.0751. The fourth-order valence-corrected chi connectivity index (χ4v) is 3.93. The second kappa shape index (κ2) is 7.67. The van der Waals surface area contributed by atoms with Crippen LogP contribution in [0.4, 0.5) is 10.7 Å². The molecule has 0 unspecified atom stereocenters. The Labute approximate surface area is 161 Å². The van der Waals surface area contributed by atoms with Gasteiger partial charge in [0, 0.05) is 31.9 Å². The van der Waals surface area contributed by atoms with Crippen LogP contribution in [0.15, 0.2) is 65.3 Å². The molecule has 3 aromatic rings. The number of rotatable bonds is 4. The Morgan fingerprint density at radius 3 is 2.41 bits per heavy atom. The third-order valence-electron chi connectivity index (χ3n) is 4.49. The van der Waals surface area contributed by atoms with Crippen molar-refractivity contribution in [1.29, 1.82) is 0 Å². The van der Waals surface area contributed by atoms with Crippen molar-refractivity contribution < 1.29 is 14.0 Å². The van der Waals surface area contributed by atoms with Gasteiger partial charge >= 0.3 is 0 Å². The van der Waals surface area contributed by atoms with E-state index >= 15 is 0 Å². The summed E-state index contributed by atoms with van der Waals surface area (Å²) < 4.78 is 5.08. The molecule has 3 heterocycles. The zero-order valence-corrected chi connectivity index (χ0v) is 15.4. The number of anilines is 2. The zero-order valence-electron chi connectivity index (χ0n) is 14.6. The molecule has 2 aromatic heterocycles. The van der Waals surface area contributed by atoms with Gasteiger partial charge in [0.15, 0.2) is 5.76 Å². The van der Waals surface area contributed by atoms with Crippen molar-refractivity contribution in [3.8, 4) is 0 Å². The van der Waals surface area contributed by atoms with Crippen molar-refractivity contribution in [1.82, 2.24) is 4.90 Å². The van der Waals surface area contributed by atoms with E-state index in [9.17, 15) is 9.59 Å². The molecular formula is C20H19N3O3S. The van der Waals surface area contributed by atoms with E-state index < -0.39 is 0 Å². The number of amides is 2. The molecule has 7 heteroatoms. The molecule has 1 aromatic carbocycles. The lowest BCUT2D eigenvalue weighted by Crippen LogP contribution is -2.48. The number of para-hydroxylation sites is 1. The molecule has 27 heavy (non-hydrogen) atoms. The number of hydrogen-bond donors (Lipinski definition) is 1. The average molecular weight is 381 g/mol. The van der Waals surface area contributed by atoms with Gasteiger partial charge in [0.05, 0.1) is 16.1 Å². The fourth-order valence-electron chi connectivity index (χ4n) is 3.06. The summed E-state index contributed by atoms with van der Waals surface area (Å²) in [6.45, 7) is 2.98. The van der Waals surface area contributed by atoms with Crippen LogP contribution in [0.5, 0.6) is 0 Å². The summed E-state index contributed by atoms with van der Waals surface area (Å²) in [4.78, 5) is 29.6. The summed E-state index contributed by atoms with van der Waals surface area (Å²) in [7, 11) is 0. The smallest absolute Gasteiger partial charge is 0.291 e. The van der Waals surface area contributed by atoms with Crippen molar-refractivity contribution >= 4 is 33.8 Å². The molecule has 0 bridgehead atoms. The monoisotopic (exact) mass is 381 g/mol. The fraction of sp³-hybridized carbons (Fsp3) is 0.200. The number of furan rings is 1. The maximum Gasteiger partial charge on any atom is 0.291 e. The van der Waals surface area contributed by atoms with Gasteiger partial charge < -0.3 is 19.5 Å².